The molecule has 0 atom stereocenters. The zero-order valence-corrected chi connectivity index (χ0v) is 13.1. The summed E-state index contributed by atoms with van der Waals surface area (Å²) in [6.45, 7) is 2.58. The second kappa shape index (κ2) is 6.44. The number of likely N-dealkylation sites (N-methyl/N-ethyl adjacent to an activating group) is 1. The molecule has 1 aliphatic rings. The first kappa shape index (κ1) is 15.0. The summed E-state index contributed by atoms with van der Waals surface area (Å²) in [5, 5.41) is 8.17. The van der Waals surface area contributed by atoms with Crippen LogP contribution in [0.15, 0.2) is 58.7 Å². The topological polar surface area (TPSA) is 54.3 Å². The molecular formula is C18H17N3O2. The van der Waals surface area contributed by atoms with Gasteiger partial charge in [-0.05, 0) is 42.8 Å². The number of anilines is 1. The quantitative estimate of drug-likeness (QED) is 0.644. The lowest BCUT2D eigenvalue weighted by molar-refractivity contribution is -0.111. The number of hydrogen-bond donors (Lipinski definition) is 0. The van der Waals surface area contributed by atoms with Crippen LogP contribution in [0.4, 0.5) is 5.69 Å². The highest BCUT2D eigenvalue weighted by molar-refractivity contribution is 6.54. The largest absolute Gasteiger partial charge is 0.494 e. The second-order valence-corrected chi connectivity index (χ2v) is 5.08. The van der Waals surface area contributed by atoms with E-state index in [0.29, 0.717) is 12.3 Å². The maximum absolute atomic E-state index is 12.2. The number of nitrogens with zero attached hydrogens (tertiary/aromatic N) is 3. The van der Waals surface area contributed by atoms with Gasteiger partial charge in [0.2, 0.25) is 0 Å². The fourth-order valence-electron chi connectivity index (χ4n) is 2.42. The van der Waals surface area contributed by atoms with Gasteiger partial charge in [-0.1, -0.05) is 18.2 Å². The Morgan fingerprint density at radius 3 is 2.61 bits per heavy atom. The van der Waals surface area contributed by atoms with Gasteiger partial charge in [-0.25, -0.2) is 0 Å². The van der Waals surface area contributed by atoms with E-state index in [-0.39, 0.29) is 5.91 Å². The second-order valence-electron chi connectivity index (χ2n) is 5.08. The molecule has 116 valence electrons. The molecule has 2 aromatic rings. The fraction of sp³-hybridized carbons (Fsp3) is 0.167. The Morgan fingerprint density at radius 2 is 1.87 bits per heavy atom. The molecule has 0 unspecified atom stereocenters. The molecule has 0 radical (unpaired) electrons. The predicted molar refractivity (Wildman–Crippen MR) is 91.6 cm³/mol. The minimum absolute atomic E-state index is 0.143. The average Bonchev–Trinajstić information content (AvgIpc) is 2.82. The summed E-state index contributed by atoms with van der Waals surface area (Å²) in [7, 11) is 1.74. The van der Waals surface area contributed by atoms with Crippen LogP contribution >= 0.6 is 0 Å². The first-order valence-corrected chi connectivity index (χ1v) is 7.42. The molecule has 3 rings (SSSR count). The van der Waals surface area contributed by atoms with E-state index >= 15 is 0 Å². The lowest BCUT2D eigenvalue weighted by atomic mass is 10.1. The van der Waals surface area contributed by atoms with Crippen LogP contribution in [0.5, 0.6) is 5.75 Å². The Labute approximate surface area is 134 Å². The molecule has 0 spiro atoms. The van der Waals surface area contributed by atoms with Crippen molar-refractivity contribution in [2.75, 3.05) is 18.6 Å². The van der Waals surface area contributed by atoms with E-state index in [2.05, 4.69) is 10.2 Å². The lowest BCUT2D eigenvalue weighted by Crippen LogP contribution is -2.25. The van der Waals surface area contributed by atoms with Crippen LogP contribution in [-0.4, -0.2) is 31.5 Å². The Kier molecular flexibility index (Phi) is 4.19. The van der Waals surface area contributed by atoms with Crippen LogP contribution in [0.3, 0.4) is 0 Å². The molecule has 5 heteroatoms. The molecule has 1 amide bonds. The molecular weight excluding hydrogens is 290 g/mol. The summed E-state index contributed by atoms with van der Waals surface area (Å²) in [5.74, 6) is 0.674. The summed E-state index contributed by atoms with van der Waals surface area (Å²) in [6.07, 6.45) is 1.62. The first-order chi connectivity index (χ1) is 11.2. The third-order valence-electron chi connectivity index (χ3n) is 3.58. The molecule has 0 aromatic heterocycles. The van der Waals surface area contributed by atoms with Gasteiger partial charge in [0.15, 0.2) is 5.71 Å². The Balaban J connectivity index is 1.81. The molecule has 0 N–H and O–H groups in total. The fourth-order valence-corrected chi connectivity index (χ4v) is 2.42. The molecule has 0 bridgehead atoms. The SMILES string of the molecule is CCOc1ccc(/C=N\N=C2/C(=O)N(C)c3ccccc32)cc1. The van der Waals surface area contributed by atoms with Gasteiger partial charge >= 0.3 is 0 Å². The molecule has 2 aromatic carbocycles. The van der Waals surface area contributed by atoms with E-state index in [1.165, 1.54) is 0 Å². The molecule has 0 saturated carbocycles. The molecule has 0 aliphatic carbocycles. The van der Waals surface area contributed by atoms with Gasteiger partial charge in [0, 0.05) is 12.6 Å². The number of benzene rings is 2. The standard InChI is InChI=1S/C18H17N3O2/c1-3-23-14-10-8-13(9-11-14)12-19-20-17-15-6-4-5-7-16(15)21(2)18(17)22/h4-12H,3H2,1-2H3/b19-12-,20-17-. The number of carbonyl (C=O) groups is 1. The summed E-state index contributed by atoms with van der Waals surface area (Å²) in [6, 6.07) is 15.1. The van der Waals surface area contributed by atoms with Crippen LogP contribution in [0, 0.1) is 0 Å². The summed E-state index contributed by atoms with van der Waals surface area (Å²) >= 11 is 0. The van der Waals surface area contributed by atoms with Crippen LogP contribution in [0.2, 0.25) is 0 Å². The predicted octanol–water partition coefficient (Wildman–Crippen LogP) is 2.88. The smallest absolute Gasteiger partial charge is 0.279 e. The van der Waals surface area contributed by atoms with E-state index < -0.39 is 0 Å². The minimum atomic E-state index is -0.143. The summed E-state index contributed by atoms with van der Waals surface area (Å²) in [4.78, 5) is 13.8. The molecule has 1 heterocycles. The minimum Gasteiger partial charge on any atom is -0.494 e. The normalized spacial score (nSPS) is 15.5. The van der Waals surface area contributed by atoms with Gasteiger partial charge in [-0.15, -0.1) is 5.10 Å². The summed E-state index contributed by atoms with van der Waals surface area (Å²) in [5.41, 5.74) is 2.92. The number of carbonyl (C=O) groups excluding carboxylic acids is 1. The van der Waals surface area contributed by atoms with Crippen molar-refractivity contribution in [1.82, 2.24) is 0 Å². The number of hydrogen-bond acceptors (Lipinski definition) is 4. The number of ether oxygens (including phenoxy) is 1. The van der Waals surface area contributed by atoms with Gasteiger partial charge in [0.05, 0.1) is 18.5 Å². The van der Waals surface area contributed by atoms with Crippen LogP contribution in [0.25, 0.3) is 0 Å². The van der Waals surface area contributed by atoms with E-state index in [4.69, 9.17) is 4.74 Å². The Morgan fingerprint density at radius 1 is 1.13 bits per heavy atom. The van der Waals surface area contributed by atoms with E-state index in [1.807, 2.05) is 55.5 Å². The highest BCUT2D eigenvalue weighted by Crippen LogP contribution is 2.27. The third-order valence-corrected chi connectivity index (χ3v) is 3.58. The highest BCUT2D eigenvalue weighted by atomic mass is 16.5. The maximum atomic E-state index is 12.2. The van der Waals surface area contributed by atoms with Crippen molar-refractivity contribution in [3.8, 4) is 5.75 Å². The molecule has 0 saturated heterocycles. The molecule has 23 heavy (non-hydrogen) atoms. The van der Waals surface area contributed by atoms with Crippen molar-refractivity contribution in [3.63, 3.8) is 0 Å². The van der Waals surface area contributed by atoms with Gasteiger partial charge in [-0.2, -0.15) is 5.10 Å². The first-order valence-electron chi connectivity index (χ1n) is 7.42. The van der Waals surface area contributed by atoms with Crippen LogP contribution in [0.1, 0.15) is 18.1 Å². The van der Waals surface area contributed by atoms with Crippen molar-refractivity contribution in [3.05, 3.63) is 59.7 Å². The highest BCUT2D eigenvalue weighted by Gasteiger charge is 2.30. The van der Waals surface area contributed by atoms with Gasteiger partial charge in [0.1, 0.15) is 5.75 Å². The number of fused-ring (bicyclic) bond motifs is 1. The van der Waals surface area contributed by atoms with Crippen LogP contribution in [-0.2, 0) is 4.79 Å². The van der Waals surface area contributed by atoms with E-state index in [0.717, 1.165) is 22.6 Å². The monoisotopic (exact) mass is 307 g/mol. The number of amides is 1. The molecule has 5 nitrogen and oxygen atoms in total. The Bertz CT molecular complexity index is 779. The lowest BCUT2D eigenvalue weighted by Gasteiger charge is -2.07. The van der Waals surface area contributed by atoms with Gasteiger partial charge in [-0.3, -0.25) is 4.79 Å². The molecule has 1 aliphatic heterocycles. The molecule has 0 fully saturated rings. The maximum Gasteiger partial charge on any atom is 0.279 e. The van der Waals surface area contributed by atoms with Crippen molar-refractivity contribution in [1.29, 1.82) is 0 Å². The van der Waals surface area contributed by atoms with E-state index in [1.54, 1.807) is 18.2 Å². The number of rotatable bonds is 4. The van der Waals surface area contributed by atoms with Crippen LogP contribution < -0.4 is 9.64 Å². The summed E-state index contributed by atoms with van der Waals surface area (Å²) < 4.78 is 5.39. The average molecular weight is 307 g/mol. The zero-order valence-electron chi connectivity index (χ0n) is 13.1. The van der Waals surface area contributed by atoms with Gasteiger partial charge < -0.3 is 9.64 Å². The zero-order chi connectivity index (χ0) is 16.2. The van der Waals surface area contributed by atoms with E-state index in [9.17, 15) is 4.79 Å². The Hall–Kier alpha value is -2.95. The number of para-hydroxylation sites is 1. The van der Waals surface area contributed by atoms with Crippen molar-refractivity contribution in [2.45, 2.75) is 6.92 Å². The van der Waals surface area contributed by atoms with Crippen molar-refractivity contribution >= 4 is 23.5 Å². The van der Waals surface area contributed by atoms with Gasteiger partial charge in [0.25, 0.3) is 5.91 Å². The van der Waals surface area contributed by atoms with Crippen molar-refractivity contribution in [2.24, 2.45) is 10.2 Å². The van der Waals surface area contributed by atoms with Crippen molar-refractivity contribution < 1.29 is 9.53 Å². The third kappa shape index (κ3) is 2.99.